The number of halogens is 1. The third-order valence-electron chi connectivity index (χ3n) is 2.87. The van der Waals surface area contributed by atoms with Crippen LogP contribution < -0.4 is 5.32 Å². The molecule has 0 aromatic heterocycles. The molecule has 0 saturated heterocycles. The molecule has 3 unspecified atom stereocenters. The smallest absolute Gasteiger partial charge is 0.0488 e. The van der Waals surface area contributed by atoms with Crippen LogP contribution in [0.1, 0.15) is 26.3 Å². The highest BCUT2D eigenvalue weighted by Crippen LogP contribution is 2.13. The van der Waals surface area contributed by atoms with E-state index < -0.39 is 10.8 Å². The summed E-state index contributed by atoms with van der Waals surface area (Å²) in [6.45, 7) is 7.07. The Balaban J connectivity index is 2.56. The largest absolute Gasteiger partial charge is 0.313 e. The van der Waals surface area contributed by atoms with Gasteiger partial charge >= 0.3 is 0 Å². The molecule has 3 atom stereocenters. The first-order valence-corrected chi connectivity index (χ1v) is 7.65. The van der Waals surface area contributed by atoms with Crippen LogP contribution in [-0.2, 0) is 16.6 Å². The molecule has 1 aromatic carbocycles. The molecule has 0 amide bonds. The summed E-state index contributed by atoms with van der Waals surface area (Å²) in [4.78, 5) is 0. The second-order valence-corrected chi connectivity index (χ2v) is 6.43. The van der Waals surface area contributed by atoms with Gasteiger partial charge in [-0.25, -0.2) is 0 Å². The Hall–Kier alpha value is -0.380. The van der Waals surface area contributed by atoms with Crippen LogP contribution in [0.2, 0.25) is 5.02 Å². The molecular formula is C13H20ClNOS. The van der Waals surface area contributed by atoms with Crippen molar-refractivity contribution in [3.05, 3.63) is 34.9 Å². The van der Waals surface area contributed by atoms with E-state index in [9.17, 15) is 4.21 Å². The quantitative estimate of drug-likeness (QED) is 0.863. The molecule has 0 heterocycles. The molecule has 0 aliphatic rings. The summed E-state index contributed by atoms with van der Waals surface area (Å²) in [5.41, 5.74) is 1.07. The van der Waals surface area contributed by atoms with Crippen LogP contribution in [0, 0.1) is 0 Å². The zero-order chi connectivity index (χ0) is 12.8. The highest BCUT2D eigenvalue weighted by atomic mass is 35.5. The summed E-state index contributed by atoms with van der Waals surface area (Å²) in [6.07, 6.45) is 0. The van der Waals surface area contributed by atoms with Gasteiger partial charge in [-0.15, -0.1) is 0 Å². The minimum Gasteiger partial charge on any atom is -0.313 e. The van der Waals surface area contributed by atoms with Gasteiger partial charge in [0.25, 0.3) is 0 Å². The van der Waals surface area contributed by atoms with E-state index in [1.807, 2.05) is 31.2 Å². The summed E-state index contributed by atoms with van der Waals surface area (Å²) >= 11 is 5.82. The number of nitrogens with one attached hydrogen (secondary N) is 1. The Morgan fingerprint density at radius 3 is 2.41 bits per heavy atom. The average Bonchev–Trinajstić information content (AvgIpc) is 2.31. The van der Waals surface area contributed by atoms with Crippen LogP contribution in [0.3, 0.4) is 0 Å². The van der Waals surface area contributed by atoms with Gasteiger partial charge in [-0.1, -0.05) is 30.7 Å². The summed E-state index contributed by atoms with van der Waals surface area (Å²) in [7, 11) is -0.860. The molecule has 0 saturated carbocycles. The van der Waals surface area contributed by atoms with Gasteiger partial charge in [-0.2, -0.15) is 0 Å². The third kappa shape index (κ3) is 4.78. The molecule has 0 radical (unpaired) electrons. The lowest BCUT2D eigenvalue weighted by molar-refractivity contribution is 0.549. The molecule has 1 aromatic rings. The summed E-state index contributed by atoms with van der Waals surface area (Å²) < 4.78 is 12.2. The first-order valence-electron chi connectivity index (χ1n) is 5.89. The zero-order valence-corrected chi connectivity index (χ0v) is 12.1. The Bertz CT molecular complexity index is 366. The second-order valence-electron chi connectivity index (χ2n) is 4.20. The van der Waals surface area contributed by atoms with E-state index in [0.29, 0.717) is 10.8 Å². The molecular weight excluding hydrogens is 254 g/mol. The molecule has 1 rings (SSSR count). The summed E-state index contributed by atoms with van der Waals surface area (Å²) in [5, 5.41) is 4.17. The van der Waals surface area contributed by atoms with Crippen LogP contribution in [0.5, 0.6) is 0 Å². The number of hydrogen-bond donors (Lipinski definition) is 1. The fraction of sp³-hybridized carbons (Fsp3) is 0.538. The Kier molecular flexibility index (Phi) is 6.17. The van der Waals surface area contributed by atoms with Crippen LogP contribution >= 0.6 is 11.6 Å². The van der Waals surface area contributed by atoms with Crippen molar-refractivity contribution in [3.63, 3.8) is 0 Å². The maximum atomic E-state index is 12.2. The lowest BCUT2D eigenvalue weighted by atomic mass is 10.2. The van der Waals surface area contributed by atoms with Crippen molar-refractivity contribution < 1.29 is 4.21 Å². The Morgan fingerprint density at radius 1 is 1.29 bits per heavy atom. The van der Waals surface area contributed by atoms with Gasteiger partial charge in [-0.05, 0) is 38.1 Å². The minimum absolute atomic E-state index is 0.144. The molecule has 0 aliphatic carbocycles. The van der Waals surface area contributed by atoms with Gasteiger partial charge < -0.3 is 5.32 Å². The molecule has 96 valence electrons. The maximum Gasteiger partial charge on any atom is 0.0488 e. The van der Waals surface area contributed by atoms with E-state index in [0.717, 1.165) is 12.1 Å². The van der Waals surface area contributed by atoms with Crippen molar-refractivity contribution in [2.75, 3.05) is 6.54 Å². The van der Waals surface area contributed by atoms with Gasteiger partial charge in [0, 0.05) is 32.9 Å². The van der Waals surface area contributed by atoms with E-state index in [-0.39, 0.29) is 11.3 Å². The normalized spacial score (nSPS) is 16.5. The van der Waals surface area contributed by atoms with Gasteiger partial charge in [0.2, 0.25) is 0 Å². The highest BCUT2D eigenvalue weighted by Gasteiger charge is 2.17. The fourth-order valence-corrected chi connectivity index (χ4v) is 3.05. The zero-order valence-electron chi connectivity index (χ0n) is 10.6. The van der Waals surface area contributed by atoms with Crippen molar-refractivity contribution in [2.45, 2.75) is 37.8 Å². The van der Waals surface area contributed by atoms with Crippen molar-refractivity contribution in [1.82, 2.24) is 5.32 Å². The molecule has 17 heavy (non-hydrogen) atoms. The first kappa shape index (κ1) is 14.7. The molecule has 0 fully saturated rings. The Morgan fingerprint density at radius 2 is 1.88 bits per heavy atom. The monoisotopic (exact) mass is 273 g/mol. The first-order chi connectivity index (χ1) is 8.04. The average molecular weight is 274 g/mol. The predicted octanol–water partition coefficient (Wildman–Crippen LogP) is 2.98. The molecule has 4 heteroatoms. The minimum atomic E-state index is -0.860. The van der Waals surface area contributed by atoms with Crippen molar-refractivity contribution >= 4 is 22.4 Å². The van der Waals surface area contributed by atoms with E-state index in [4.69, 9.17) is 11.6 Å². The lowest BCUT2D eigenvalue weighted by Gasteiger charge is -2.20. The lowest BCUT2D eigenvalue weighted by Crippen LogP contribution is -2.38. The Labute approximate surface area is 111 Å². The van der Waals surface area contributed by atoms with Gasteiger partial charge in [-0.3, -0.25) is 4.21 Å². The van der Waals surface area contributed by atoms with E-state index in [2.05, 4.69) is 19.2 Å². The standard InChI is InChI=1S/C13H20ClNOS/c1-4-15-10(2)11(3)17(16)9-12-5-7-13(14)8-6-12/h5-8,10-11,15H,4,9H2,1-3H3. The molecule has 0 bridgehead atoms. The van der Waals surface area contributed by atoms with Gasteiger partial charge in [0.1, 0.15) is 0 Å². The maximum absolute atomic E-state index is 12.2. The van der Waals surface area contributed by atoms with Crippen LogP contribution in [0.4, 0.5) is 0 Å². The number of hydrogen-bond acceptors (Lipinski definition) is 2. The van der Waals surface area contributed by atoms with E-state index >= 15 is 0 Å². The van der Waals surface area contributed by atoms with E-state index in [1.54, 1.807) is 0 Å². The highest BCUT2D eigenvalue weighted by molar-refractivity contribution is 7.84. The van der Waals surface area contributed by atoms with Gasteiger partial charge in [0.15, 0.2) is 0 Å². The van der Waals surface area contributed by atoms with Crippen molar-refractivity contribution in [3.8, 4) is 0 Å². The molecule has 2 nitrogen and oxygen atoms in total. The van der Waals surface area contributed by atoms with Crippen LogP contribution in [-0.4, -0.2) is 22.0 Å². The second kappa shape index (κ2) is 7.14. The predicted molar refractivity (Wildman–Crippen MR) is 75.9 cm³/mol. The topological polar surface area (TPSA) is 29.1 Å². The molecule has 0 aliphatic heterocycles. The number of rotatable bonds is 6. The molecule has 0 spiro atoms. The fourth-order valence-electron chi connectivity index (χ4n) is 1.59. The molecule has 1 N–H and O–H groups in total. The van der Waals surface area contributed by atoms with Crippen LogP contribution in [0.25, 0.3) is 0 Å². The SMILES string of the molecule is CCNC(C)C(C)S(=O)Cc1ccc(Cl)cc1. The summed E-state index contributed by atoms with van der Waals surface area (Å²) in [5.74, 6) is 0.591. The summed E-state index contributed by atoms with van der Waals surface area (Å²) in [6, 6.07) is 7.82. The third-order valence-corrected chi connectivity index (χ3v) is 4.97. The van der Waals surface area contributed by atoms with E-state index in [1.165, 1.54) is 0 Å². The van der Waals surface area contributed by atoms with Gasteiger partial charge in [0.05, 0.1) is 0 Å². The van der Waals surface area contributed by atoms with Crippen molar-refractivity contribution in [1.29, 1.82) is 0 Å². The number of benzene rings is 1. The van der Waals surface area contributed by atoms with Crippen LogP contribution in [0.15, 0.2) is 24.3 Å². The van der Waals surface area contributed by atoms with Crippen molar-refractivity contribution in [2.24, 2.45) is 0 Å².